The van der Waals surface area contributed by atoms with Gasteiger partial charge in [-0.1, -0.05) is 18.2 Å². The van der Waals surface area contributed by atoms with Gasteiger partial charge in [-0.3, -0.25) is 0 Å². The predicted molar refractivity (Wildman–Crippen MR) is 69.3 cm³/mol. The molecule has 0 unspecified atom stereocenters. The molecule has 0 atom stereocenters. The molecule has 1 N–H and O–H groups in total. The molecule has 17 heavy (non-hydrogen) atoms. The second-order valence-electron chi connectivity index (χ2n) is 3.88. The van der Waals surface area contributed by atoms with Gasteiger partial charge in [-0.2, -0.15) is 0 Å². The number of aryl methyl sites for hydroxylation is 1. The SMILES string of the molecule is COc1ccccc1CNc1cc(C)ccn1. The molecular weight excluding hydrogens is 212 g/mol. The standard InChI is InChI=1S/C14H16N2O/c1-11-7-8-15-14(9-11)16-10-12-5-3-4-6-13(12)17-2/h3-9H,10H2,1-2H3,(H,15,16). The van der Waals surface area contributed by atoms with E-state index < -0.39 is 0 Å². The van der Waals surface area contributed by atoms with Crippen LogP contribution in [0.2, 0.25) is 0 Å². The zero-order valence-electron chi connectivity index (χ0n) is 10.1. The van der Waals surface area contributed by atoms with E-state index in [0.717, 1.165) is 17.1 Å². The highest BCUT2D eigenvalue weighted by atomic mass is 16.5. The van der Waals surface area contributed by atoms with Crippen molar-refractivity contribution in [2.75, 3.05) is 12.4 Å². The van der Waals surface area contributed by atoms with Crippen molar-refractivity contribution < 1.29 is 4.74 Å². The number of rotatable bonds is 4. The minimum Gasteiger partial charge on any atom is -0.496 e. The lowest BCUT2D eigenvalue weighted by molar-refractivity contribution is 0.410. The third-order valence-electron chi connectivity index (χ3n) is 2.57. The van der Waals surface area contributed by atoms with Crippen LogP contribution < -0.4 is 10.1 Å². The largest absolute Gasteiger partial charge is 0.496 e. The Hall–Kier alpha value is -2.03. The van der Waals surface area contributed by atoms with Gasteiger partial charge >= 0.3 is 0 Å². The molecule has 2 aromatic rings. The Labute approximate surface area is 101 Å². The molecule has 0 spiro atoms. The number of nitrogens with one attached hydrogen (secondary N) is 1. The van der Waals surface area contributed by atoms with Gasteiger partial charge in [-0.25, -0.2) is 4.98 Å². The number of ether oxygens (including phenoxy) is 1. The summed E-state index contributed by atoms with van der Waals surface area (Å²) in [6.45, 7) is 2.76. The Morgan fingerprint density at radius 1 is 1.24 bits per heavy atom. The Balaban J connectivity index is 2.07. The molecule has 3 nitrogen and oxygen atoms in total. The first-order valence-electron chi connectivity index (χ1n) is 5.58. The number of nitrogens with zero attached hydrogens (tertiary/aromatic N) is 1. The van der Waals surface area contributed by atoms with E-state index in [1.165, 1.54) is 5.56 Å². The van der Waals surface area contributed by atoms with E-state index in [1.807, 2.05) is 36.4 Å². The van der Waals surface area contributed by atoms with Crippen molar-refractivity contribution in [3.63, 3.8) is 0 Å². The molecule has 88 valence electrons. The van der Waals surface area contributed by atoms with Crippen molar-refractivity contribution in [2.45, 2.75) is 13.5 Å². The lowest BCUT2D eigenvalue weighted by Crippen LogP contribution is -2.03. The Morgan fingerprint density at radius 2 is 2.06 bits per heavy atom. The average Bonchev–Trinajstić information content (AvgIpc) is 2.37. The molecule has 0 saturated heterocycles. The van der Waals surface area contributed by atoms with E-state index in [4.69, 9.17) is 4.74 Å². The fraction of sp³-hybridized carbons (Fsp3) is 0.214. The first kappa shape index (κ1) is 11.5. The second kappa shape index (κ2) is 5.34. The first-order valence-corrected chi connectivity index (χ1v) is 5.58. The lowest BCUT2D eigenvalue weighted by atomic mass is 10.2. The molecule has 0 amide bonds. The highest BCUT2D eigenvalue weighted by molar-refractivity contribution is 5.41. The van der Waals surface area contributed by atoms with Crippen LogP contribution in [-0.4, -0.2) is 12.1 Å². The van der Waals surface area contributed by atoms with Crippen LogP contribution in [-0.2, 0) is 6.54 Å². The summed E-state index contributed by atoms with van der Waals surface area (Å²) >= 11 is 0. The topological polar surface area (TPSA) is 34.1 Å². The van der Waals surface area contributed by atoms with Gasteiger partial charge in [-0.15, -0.1) is 0 Å². The molecule has 1 aromatic carbocycles. The summed E-state index contributed by atoms with van der Waals surface area (Å²) in [5, 5.41) is 3.29. The summed E-state index contributed by atoms with van der Waals surface area (Å²) in [5.74, 6) is 1.78. The molecule has 2 rings (SSSR count). The summed E-state index contributed by atoms with van der Waals surface area (Å²) in [6, 6.07) is 12.0. The van der Waals surface area contributed by atoms with E-state index in [2.05, 4.69) is 17.2 Å². The number of para-hydroxylation sites is 1. The maximum Gasteiger partial charge on any atom is 0.126 e. The second-order valence-corrected chi connectivity index (χ2v) is 3.88. The molecular formula is C14H16N2O. The molecule has 0 aliphatic heterocycles. The highest BCUT2D eigenvalue weighted by Gasteiger charge is 2.01. The number of aromatic nitrogens is 1. The first-order chi connectivity index (χ1) is 8.29. The number of anilines is 1. The van der Waals surface area contributed by atoms with Crippen LogP contribution in [0.5, 0.6) is 5.75 Å². The summed E-state index contributed by atoms with van der Waals surface area (Å²) in [4.78, 5) is 4.26. The van der Waals surface area contributed by atoms with Gasteiger partial charge in [-0.05, 0) is 30.7 Å². The molecule has 0 aliphatic rings. The van der Waals surface area contributed by atoms with Gasteiger partial charge in [0.2, 0.25) is 0 Å². The quantitative estimate of drug-likeness (QED) is 0.873. The summed E-state index contributed by atoms with van der Waals surface area (Å²) in [5.41, 5.74) is 2.32. The van der Waals surface area contributed by atoms with Crippen molar-refractivity contribution in [3.8, 4) is 5.75 Å². The maximum absolute atomic E-state index is 5.30. The summed E-state index contributed by atoms with van der Waals surface area (Å²) in [6.07, 6.45) is 1.81. The van der Waals surface area contributed by atoms with Crippen molar-refractivity contribution in [2.24, 2.45) is 0 Å². The summed E-state index contributed by atoms with van der Waals surface area (Å²) in [7, 11) is 1.68. The highest BCUT2D eigenvalue weighted by Crippen LogP contribution is 2.18. The van der Waals surface area contributed by atoms with Crippen LogP contribution in [0.25, 0.3) is 0 Å². The number of pyridine rings is 1. The van der Waals surface area contributed by atoms with Gasteiger partial charge in [0.05, 0.1) is 7.11 Å². The Morgan fingerprint density at radius 3 is 2.82 bits per heavy atom. The zero-order valence-corrected chi connectivity index (χ0v) is 10.1. The molecule has 0 aliphatic carbocycles. The molecule has 0 radical (unpaired) electrons. The van der Waals surface area contributed by atoms with Gasteiger partial charge in [0.15, 0.2) is 0 Å². The normalized spacial score (nSPS) is 10.0. The van der Waals surface area contributed by atoms with Gasteiger partial charge < -0.3 is 10.1 Å². The van der Waals surface area contributed by atoms with Crippen LogP contribution in [0, 0.1) is 6.92 Å². The minimum atomic E-state index is 0.709. The number of methoxy groups -OCH3 is 1. The van der Waals surface area contributed by atoms with E-state index in [9.17, 15) is 0 Å². The van der Waals surface area contributed by atoms with Crippen molar-refractivity contribution in [1.29, 1.82) is 0 Å². The minimum absolute atomic E-state index is 0.709. The van der Waals surface area contributed by atoms with Crippen LogP contribution in [0.15, 0.2) is 42.6 Å². The van der Waals surface area contributed by atoms with Gasteiger partial charge in [0.25, 0.3) is 0 Å². The van der Waals surface area contributed by atoms with Crippen molar-refractivity contribution in [3.05, 3.63) is 53.7 Å². The monoisotopic (exact) mass is 228 g/mol. The van der Waals surface area contributed by atoms with Crippen LogP contribution in [0.1, 0.15) is 11.1 Å². The van der Waals surface area contributed by atoms with E-state index in [1.54, 1.807) is 13.3 Å². The van der Waals surface area contributed by atoms with E-state index >= 15 is 0 Å². The van der Waals surface area contributed by atoms with Crippen molar-refractivity contribution >= 4 is 5.82 Å². The van der Waals surface area contributed by atoms with E-state index in [0.29, 0.717) is 6.54 Å². The maximum atomic E-state index is 5.30. The molecule has 0 fully saturated rings. The van der Waals surface area contributed by atoms with Crippen LogP contribution in [0.4, 0.5) is 5.82 Å². The Bertz CT molecular complexity index is 497. The van der Waals surface area contributed by atoms with Crippen LogP contribution >= 0.6 is 0 Å². The third kappa shape index (κ3) is 2.97. The van der Waals surface area contributed by atoms with Gasteiger partial charge in [0.1, 0.15) is 11.6 Å². The fourth-order valence-corrected chi connectivity index (χ4v) is 1.67. The predicted octanol–water partition coefficient (Wildman–Crippen LogP) is 3.01. The van der Waals surface area contributed by atoms with Crippen molar-refractivity contribution in [1.82, 2.24) is 4.98 Å². The Kier molecular flexibility index (Phi) is 3.60. The van der Waals surface area contributed by atoms with Crippen LogP contribution in [0.3, 0.4) is 0 Å². The van der Waals surface area contributed by atoms with Gasteiger partial charge in [0, 0.05) is 18.3 Å². The molecule has 3 heteroatoms. The number of hydrogen-bond acceptors (Lipinski definition) is 3. The average molecular weight is 228 g/mol. The lowest BCUT2D eigenvalue weighted by Gasteiger charge is -2.10. The molecule has 0 saturated carbocycles. The summed E-state index contributed by atoms with van der Waals surface area (Å²) < 4.78 is 5.30. The number of benzene rings is 1. The fourth-order valence-electron chi connectivity index (χ4n) is 1.67. The molecule has 1 aromatic heterocycles. The smallest absolute Gasteiger partial charge is 0.126 e. The van der Waals surface area contributed by atoms with E-state index in [-0.39, 0.29) is 0 Å². The third-order valence-corrected chi connectivity index (χ3v) is 2.57. The number of hydrogen-bond donors (Lipinski definition) is 1. The molecule has 0 bridgehead atoms. The molecule has 1 heterocycles. The zero-order chi connectivity index (χ0) is 12.1.